The van der Waals surface area contributed by atoms with E-state index in [1.807, 2.05) is 13.8 Å². The summed E-state index contributed by atoms with van der Waals surface area (Å²) in [7, 11) is 0. The molecule has 2 amide bonds. The van der Waals surface area contributed by atoms with E-state index in [-0.39, 0.29) is 18.5 Å². The van der Waals surface area contributed by atoms with Gasteiger partial charge in [0, 0.05) is 19.5 Å². The van der Waals surface area contributed by atoms with Crippen LogP contribution < -0.4 is 10.6 Å². The molecule has 96 valence electrons. The first-order valence-electron chi connectivity index (χ1n) is 5.67. The molecule has 0 aromatic heterocycles. The molecule has 0 aliphatic rings. The van der Waals surface area contributed by atoms with Crippen LogP contribution in [0.4, 0.5) is 4.79 Å². The van der Waals surface area contributed by atoms with Crippen LogP contribution >= 0.6 is 0 Å². The van der Waals surface area contributed by atoms with E-state index in [4.69, 9.17) is 11.5 Å². The van der Waals surface area contributed by atoms with Crippen LogP contribution in [0.5, 0.6) is 0 Å². The van der Waals surface area contributed by atoms with Gasteiger partial charge >= 0.3 is 12.0 Å². The molecule has 1 atom stereocenters. The molecule has 1 unspecified atom stereocenters. The summed E-state index contributed by atoms with van der Waals surface area (Å²) >= 11 is 0. The van der Waals surface area contributed by atoms with E-state index in [0.29, 0.717) is 13.0 Å². The Kier molecular flexibility index (Phi) is 7.61. The van der Waals surface area contributed by atoms with Crippen molar-refractivity contribution in [2.45, 2.75) is 26.7 Å². The maximum atomic E-state index is 11.3. The number of nitrogens with one attached hydrogen (secondary N) is 2. The first kappa shape index (κ1) is 15.3. The maximum Gasteiger partial charge on any atom is 0.314 e. The zero-order chi connectivity index (χ0) is 13.3. The molecule has 0 rings (SSSR count). The van der Waals surface area contributed by atoms with Gasteiger partial charge in [0.25, 0.3) is 0 Å². The van der Waals surface area contributed by atoms with E-state index >= 15 is 0 Å². The third kappa shape index (κ3) is 7.23. The molecule has 3 N–H and O–H groups in total. The van der Waals surface area contributed by atoms with E-state index in [9.17, 15) is 9.59 Å². The SMILES string of the molecule is C#CCCCNC(=O)NCC(C(=O)O)C(C)C. The number of unbranched alkanes of at least 4 members (excludes halogenated alkanes) is 1. The van der Waals surface area contributed by atoms with Gasteiger partial charge < -0.3 is 15.7 Å². The van der Waals surface area contributed by atoms with Gasteiger partial charge in [-0.15, -0.1) is 12.3 Å². The van der Waals surface area contributed by atoms with Crippen molar-refractivity contribution in [2.75, 3.05) is 13.1 Å². The minimum Gasteiger partial charge on any atom is -0.481 e. The number of carbonyl (C=O) groups is 2. The number of amides is 2. The Morgan fingerprint density at radius 1 is 1.35 bits per heavy atom. The number of carboxylic acid groups (broad SMARTS) is 1. The molecule has 0 radical (unpaired) electrons. The fourth-order valence-electron chi connectivity index (χ4n) is 1.27. The summed E-state index contributed by atoms with van der Waals surface area (Å²) in [5.74, 6) is 0.994. The molecular weight excluding hydrogens is 220 g/mol. The highest BCUT2D eigenvalue weighted by molar-refractivity contribution is 5.75. The predicted octanol–water partition coefficient (Wildman–Crippen LogP) is 1.06. The van der Waals surface area contributed by atoms with Crippen molar-refractivity contribution >= 4 is 12.0 Å². The molecule has 0 fully saturated rings. The molecule has 5 heteroatoms. The van der Waals surface area contributed by atoms with Crippen LogP contribution in [0.3, 0.4) is 0 Å². The number of aliphatic carboxylic acids is 1. The maximum absolute atomic E-state index is 11.3. The van der Waals surface area contributed by atoms with Crippen molar-refractivity contribution in [1.29, 1.82) is 0 Å². The molecule has 17 heavy (non-hydrogen) atoms. The topological polar surface area (TPSA) is 78.4 Å². The lowest BCUT2D eigenvalue weighted by atomic mass is 9.96. The summed E-state index contributed by atoms with van der Waals surface area (Å²) < 4.78 is 0. The Bertz CT molecular complexity index is 295. The van der Waals surface area contributed by atoms with Gasteiger partial charge in [-0.25, -0.2) is 4.79 Å². The van der Waals surface area contributed by atoms with Crippen LogP contribution in [-0.4, -0.2) is 30.2 Å². The quantitative estimate of drug-likeness (QED) is 0.460. The van der Waals surface area contributed by atoms with Crippen molar-refractivity contribution in [3.05, 3.63) is 0 Å². The summed E-state index contributed by atoms with van der Waals surface area (Å²) in [6.45, 7) is 4.25. The van der Waals surface area contributed by atoms with Crippen molar-refractivity contribution < 1.29 is 14.7 Å². The van der Waals surface area contributed by atoms with Crippen LogP contribution in [0.2, 0.25) is 0 Å². The molecule has 0 heterocycles. The van der Waals surface area contributed by atoms with Crippen LogP contribution in [0.1, 0.15) is 26.7 Å². The van der Waals surface area contributed by atoms with Gasteiger partial charge in [0.05, 0.1) is 5.92 Å². The monoisotopic (exact) mass is 240 g/mol. The molecule has 0 aromatic rings. The normalized spacial score (nSPS) is 11.6. The van der Waals surface area contributed by atoms with Crippen LogP contribution in [0.25, 0.3) is 0 Å². The third-order valence-electron chi connectivity index (χ3n) is 2.39. The minimum atomic E-state index is -0.896. The van der Waals surface area contributed by atoms with Gasteiger partial charge in [-0.3, -0.25) is 4.79 Å². The Morgan fingerprint density at radius 2 is 2.00 bits per heavy atom. The van der Waals surface area contributed by atoms with Crippen molar-refractivity contribution in [2.24, 2.45) is 11.8 Å². The van der Waals surface area contributed by atoms with E-state index < -0.39 is 11.9 Å². The van der Waals surface area contributed by atoms with Crippen molar-refractivity contribution in [1.82, 2.24) is 10.6 Å². The fourth-order valence-corrected chi connectivity index (χ4v) is 1.27. The Morgan fingerprint density at radius 3 is 2.47 bits per heavy atom. The highest BCUT2D eigenvalue weighted by atomic mass is 16.4. The Labute approximate surface area is 102 Å². The van der Waals surface area contributed by atoms with Gasteiger partial charge in [0.2, 0.25) is 0 Å². The summed E-state index contributed by atoms with van der Waals surface area (Å²) in [6.07, 6.45) is 6.40. The number of carbonyl (C=O) groups excluding carboxylic acids is 1. The third-order valence-corrected chi connectivity index (χ3v) is 2.39. The van der Waals surface area contributed by atoms with E-state index in [1.54, 1.807) is 0 Å². The second kappa shape index (κ2) is 8.45. The van der Waals surface area contributed by atoms with Gasteiger partial charge in [-0.1, -0.05) is 13.8 Å². The highest BCUT2D eigenvalue weighted by Crippen LogP contribution is 2.09. The fraction of sp³-hybridized carbons (Fsp3) is 0.667. The minimum absolute atomic E-state index is 0.0192. The average Bonchev–Trinajstić information content (AvgIpc) is 2.23. The molecule has 0 bridgehead atoms. The summed E-state index contributed by atoms with van der Waals surface area (Å²) in [5.41, 5.74) is 0. The molecule has 0 spiro atoms. The first-order valence-corrected chi connectivity index (χ1v) is 5.67. The predicted molar refractivity (Wildman–Crippen MR) is 65.4 cm³/mol. The van der Waals surface area contributed by atoms with E-state index in [2.05, 4.69) is 16.6 Å². The first-order chi connectivity index (χ1) is 7.99. The zero-order valence-corrected chi connectivity index (χ0v) is 10.3. The Hall–Kier alpha value is -1.70. The number of terminal acetylenes is 1. The number of carboxylic acids is 1. The largest absolute Gasteiger partial charge is 0.481 e. The second-order valence-electron chi connectivity index (χ2n) is 4.13. The van der Waals surface area contributed by atoms with Crippen molar-refractivity contribution in [3.8, 4) is 12.3 Å². The number of hydrogen-bond donors (Lipinski definition) is 3. The molecular formula is C12H20N2O3. The average molecular weight is 240 g/mol. The zero-order valence-electron chi connectivity index (χ0n) is 10.3. The molecule has 0 saturated carbocycles. The summed E-state index contributed by atoms with van der Waals surface area (Å²) in [4.78, 5) is 22.1. The van der Waals surface area contributed by atoms with Gasteiger partial charge in [0.1, 0.15) is 0 Å². The molecule has 0 saturated heterocycles. The molecule has 5 nitrogen and oxygen atoms in total. The van der Waals surface area contributed by atoms with Gasteiger partial charge in [-0.05, 0) is 12.3 Å². The smallest absolute Gasteiger partial charge is 0.314 e. The molecule has 0 aliphatic heterocycles. The highest BCUT2D eigenvalue weighted by Gasteiger charge is 2.21. The molecule has 0 aliphatic carbocycles. The van der Waals surface area contributed by atoms with Crippen molar-refractivity contribution in [3.63, 3.8) is 0 Å². The Balaban J connectivity index is 3.82. The summed E-state index contributed by atoms with van der Waals surface area (Å²) in [6, 6.07) is -0.353. The van der Waals surface area contributed by atoms with Crippen LogP contribution in [0, 0.1) is 24.2 Å². The van der Waals surface area contributed by atoms with Crippen LogP contribution in [-0.2, 0) is 4.79 Å². The molecule has 0 aromatic carbocycles. The lowest BCUT2D eigenvalue weighted by Crippen LogP contribution is -2.41. The number of hydrogen-bond acceptors (Lipinski definition) is 2. The standard InChI is InChI=1S/C12H20N2O3/c1-4-5-6-7-13-12(17)14-8-10(9(2)3)11(15)16/h1,9-10H,5-8H2,2-3H3,(H,15,16)(H2,13,14,17). The van der Waals surface area contributed by atoms with Gasteiger partial charge in [-0.2, -0.15) is 0 Å². The lowest BCUT2D eigenvalue weighted by molar-refractivity contribution is -0.142. The number of urea groups is 1. The second-order valence-corrected chi connectivity index (χ2v) is 4.13. The number of rotatable bonds is 7. The van der Waals surface area contributed by atoms with Gasteiger partial charge in [0.15, 0.2) is 0 Å². The van der Waals surface area contributed by atoms with E-state index in [0.717, 1.165) is 6.42 Å². The summed E-state index contributed by atoms with van der Waals surface area (Å²) in [5, 5.41) is 14.1. The van der Waals surface area contributed by atoms with Crippen LogP contribution in [0.15, 0.2) is 0 Å². The van der Waals surface area contributed by atoms with E-state index in [1.165, 1.54) is 0 Å². The lowest BCUT2D eigenvalue weighted by Gasteiger charge is -2.16.